The van der Waals surface area contributed by atoms with Crippen molar-refractivity contribution in [3.63, 3.8) is 0 Å². The van der Waals surface area contributed by atoms with Crippen LogP contribution >= 0.6 is 0 Å². The summed E-state index contributed by atoms with van der Waals surface area (Å²) in [7, 11) is 0. The monoisotopic (exact) mass is 180 g/mol. The van der Waals surface area contributed by atoms with Gasteiger partial charge in [0.15, 0.2) is 5.82 Å². The summed E-state index contributed by atoms with van der Waals surface area (Å²) < 4.78 is 13.1. The van der Waals surface area contributed by atoms with E-state index in [1.54, 1.807) is 0 Å². The van der Waals surface area contributed by atoms with Gasteiger partial charge in [-0.15, -0.1) is 0 Å². The average molecular weight is 180 g/mol. The highest BCUT2D eigenvalue weighted by Gasteiger charge is 2.10. The summed E-state index contributed by atoms with van der Waals surface area (Å²) in [5.74, 6) is -1.84. The summed E-state index contributed by atoms with van der Waals surface area (Å²) in [6, 6.07) is 1.46. The number of pyridine rings is 2. The van der Waals surface area contributed by atoms with E-state index in [1.807, 2.05) is 0 Å². The first kappa shape index (κ1) is 7.72. The van der Waals surface area contributed by atoms with Crippen LogP contribution in [0, 0.1) is 5.82 Å². The van der Waals surface area contributed by atoms with Crippen molar-refractivity contribution >= 4 is 10.9 Å². The van der Waals surface area contributed by atoms with Crippen molar-refractivity contribution in [1.29, 1.82) is 0 Å². The highest BCUT2D eigenvalue weighted by atomic mass is 19.1. The quantitative estimate of drug-likeness (QED) is 0.629. The van der Waals surface area contributed by atoms with E-state index in [2.05, 4.69) is 9.97 Å². The van der Waals surface area contributed by atoms with E-state index in [1.165, 1.54) is 18.5 Å². The van der Waals surface area contributed by atoms with Crippen LogP contribution in [0.1, 0.15) is 0 Å². The van der Waals surface area contributed by atoms with Gasteiger partial charge in [0.25, 0.3) is 5.56 Å². The second-order valence-corrected chi connectivity index (χ2v) is 2.54. The number of halogens is 1. The number of rotatable bonds is 0. The molecule has 2 aromatic heterocycles. The van der Waals surface area contributed by atoms with Gasteiger partial charge in [0.2, 0.25) is 5.75 Å². The largest absolute Gasteiger partial charge is 0.501 e. The van der Waals surface area contributed by atoms with Gasteiger partial charge in [-0.3, -0.25) is 9.78 Å². The van der Waals surface area contributed by atoms with Gasteiger partial charge >= 0.3 is 0 Å². The Morgan fingerprint density at radius 2 is 2.31 bits per heavy atom. The highest BCUT2D eigenvalue weighted by Crippen LogP contribution is 2.18. The lowest BCUT2D eigenvalue weighted by molar-refractivity contribution is 0.428. The Hall–Kier alpha value is -1.91. The fraction of sp³-hybridized carbons (Fsp3) is 0. The molecule has 2 rings (SSSR count). The molecule has 2 heterocycles. The lowest BCUT2D eigenvalue weighted by Gasteiger charge is -1.99. The van der Waals surface area contributed by atoms with Crippen LogP contribution in [0.2, 0.25) is 0 Å². The molecule has 0 saturated heterocycles. The summed E-state index contributed by atoms with van der Waals surface area (Å²) in [4.78, 5) is 16.9. The number of nitrogens with one attached hydrogen (secondary N) is 1. The molecule has 13 heavy (non-hydrogen) atoms. The fourth-order valence-electron chi connectivity index (χ4n) is 1.09. The zero-order chi connectivity index (χ0) is 9.42. The van der Waals surface area contributed by atoms with Crippen LogP contribution in [-0.4, -0.2) is 15.1 Å². The van der Waals surface area contributed by atoms with Crippen molar-refractivity contribution in [3.8, 4) is 5.75 Å². The van der Waals surface area contributed by atoms with E-state index in [-0.39, 0.29) is 5.39 Å². The lowest BCUT2D eigenvalue weighted by atomic mass is 10.2. The predicted octanol–water partition coefficient (Wildman–Crippen LogP) is 0.768. The first-order valence-electron chi connectivity index (χ1n) is 3.54. The third-order valence-electron chi connectivity index (χ3n) is 1.73. The normalized spacial score (nSPS) is 10.5. The molecule has 4 nitrogen and oxygen atoms in total. The molecule has 0 amide bonds. The molecule has 0 spiro atoms. The standard InChI is InChI=1S/C8H5FN2O2/c9-6-4-3-10-2-1-5(4)11-8(13)7(6)12/h1-3,12H,(H,11,13). The van der Waals surface area contributed by atoms with Gasteiger partial charge in [-0.05, 0) is 6.07 Å². The van der Waals surface area contributed by atoms with Crippen molar-refractivity contribution in [1.82, 2.24) is 9.97 Å². The maximum atomic E-state index is 13.1. The molecule has 2 N–H and O–H groups in total. The van der Waals surface area contributed by atoms with Gasteiger partial charge in [-0.2, -0.15) is 0 Å². The molecule has 0 saturated carbocycles. The Morgan fingerprint density at radius 3 is 3.08 bits per heavy atom. The topological polar surface area (TPSA) is 66.0 Å². The second kappa shape index (κ2) is 2.55. The van der Waals surface area contributed by atoms with Crippen molar-refractivity contribution in [2.24, 2.45) is 0 Å². The van der Waals surface area contributed by atoms with Gasteiger partial charge in [0.1, 0.15) is 0 Å². The van der Waals surface area contributed by atoms with Crippen LogP contribution in [0.5, 0.6) is 5.75 Å². The molecule has 0 aliphatic heterocycles. The third-order valence-corrected chi connectivity index (χ3v) is 1.73. The molecular weight excluding hydrogens is 175 g/mol. The van der Waals surface area contributed by atoms with E-state index in [0.29, 0.717) is 5.52 Å². The summed E-state index contributed by atoms with van der Waals surface area (Å²) in [5.41, 5.74) is -0.522. The third kappa shape index (κ3) is 1.05. The fourth-order valence-corrected chi connectivity index (χ4v) is 1.09. The molecule has 2 aromatic rings. The van der Waals surface area contributed by atoms with Crippen LogP contribution < -0.4 is 5.56 Å². The highest BCUT2D eigenvalue weighted by molar-refractivity contribution is 5.79. The minimum Gasteiger partial charge on any atom is -0.501 e. The predicted molar refractivity (Wildman–Crippen MR) is 44.0 cm³/mol. The van der Waals surface area contributed by atoms with Crippen molar-refractivity contribution in [2.45, 2.75) is 0 Å². The SMILES string of the molecule is O=c1[nH]c2ccncc2c(F)c1O. The van der Waals surface area contributed by atoms with Gasteiger partial charge < -0.3 is 10.1 Å². The molecule has 0 atom stereocenters. The number of hydrogen-bond donors (Lipinski definition) is 2. The lowest BCUT2D eigenvalue weighted by Crippen LogP contribution is -2.07. The Morgan fingerprint density at radius 1 is 1.54 bits per heavy atom. The molecule has 0 aliphatic rings. The van der Waals surface area contributed by atoms with Gasteiger partial charge in [-0.25, -0.2) is 4.39 Å². The van der Waals surface area contributed by atoms with E-state index in [4.69, 9.17) is 5.11 Å². The Labute approximate surface area is 71.7 Å². The minimum atomic E-state index is -0.938. The van der Waals surface area contributed by atoms with Gasteiger partial charge in [0, 0.05) is 12.4 Å². The van der Waals surface area contributed by atoms with Gasteiger partial charge in [0.05, 0.1) is 10.9 Å². The van der Waals surface area contributed by atoms with Crippen LogP contribution in [0.4, 0.5) is 4.39 Å². The minimum absolute atomic E-state index is 0.0969. The second-order valence-electron chi connectivity index (χ2n) is 2.54. The summed E-state index contributed by atoms with van der Waals surface area (Å²) in [6.45, 7) is 0. The van der Waals surface area contributed by atoms with Crippen LogP contribution in [0.25, 0.3) is 10.9 Å². The van der Waals surface area contributed by atoms with Gasteiger partial charge in [-0.1, -0.05) is 0 Å². The Kier molecular flexibility index (Phi) is 1.51. The van der Waals surface area contributed by atoms with E-state index >= 15 is 0 Å². The smallest absolute Gasteiger partial charge is 0.293 e. The number of aromatic hydroxyl groups is 1. The molecule has 0 unspecified atom stereocenters. The summed E-state index contributed by atoms with van der Waals surface area (Å²) in [6.07, 6.45) is 2.66. The van der Waals surface area contributed by atoms with E-state index in [9.17, 15) is 9.18 Å². The number of fused-ring (bicyclic) bond motifs is 1. The van der Waals surface area contributed by atoms with E-state index < -0.39 is 17.1 Å². The Balaban J connectivity index is 3.02. The molecule has 0 aliphatic carbocycles. The molecule has 0 fully saturated rings. The zero-order valence-electron chi connectivity index (χ0n) is 6.41. The molecule has 0 radical (unpaired) electrons. The maximum absolute atomic E-state index is 13.1. The number of nitrogens with zero attached hydrogens (tertiary/aromatic N) is 1. The number of aromatic amines is 1. The molecule has 0 aromatic carbocycles. The van der Waals surface area contributed by atoms with Crippen molar-refractivity contribution < 1.29 is 9.50 Å². The zero-order valence-corrected chi connectivity index (χ0v) is 6.41. The number of aromatic nitrogens is 2. The first-order valence-corrected chi connectivity index (χ1v) is 3.54. The molecule has 5 heteroatoms. The number of H-pyrrole nitrogens is 1. The number of hydrogen-bond acceptors (Lipinski definition) is 3. The average Bonchev–Trinajstić information content (AvgIpc) is 2.15. The van der Waals surface area contributed by atoms with Crippen molar-refractivity contribution in [2.75, 3.05) is 0 Å². The van der Waals surface area contributed by atoms with Crippen molar-refractivity contribution in [3.05, 3.63) is 34.6 Å². The van der Waals surface area contributed by atoms with Crippen LogP contribution in [0.15, 0.2) is 23.3 Å². The summed E-state index contributed by atoms with van der Waals surface area (Å²) >= 11 is 0. The van der Waals surface area contributed by atoms with E-state index in [0.717, 1.165) is 0 Å². The molecular formula is C8H5FN2O2. The Bertz CT molecular complexity index is 521. The molecule has 66 valence electrons. The summed E-state index contributed by atoms with van der Waals surface area (Å²) in [5, 5.41) is 9.05. The maximum Gasteiger partial charge on any atom is 0.293 e. The van der Waals surface area contributed by atoms with Crippen LogP contribution in [-0.2, 0) is 0 Å². The van der Waals surface area contributed by atoms with Crippen LogP contribution in [0.3, 0.4) is 0 Å². The molecule has 0 bridgehead atoms. The first-order chi connectivity index (χ1) is 6.20.